The number of hydrogen-bond donors (Lipinski definition) is 4. The fraction of sp³-hybridized carbons (Fsp3) is 0.810. The fourth-order valence-corrected chi connectivity index (χ4v) is 2.50. The van der Waals surface area contributed by atoms with E-state index in [-0.39, 0.29) is 26.4 Å². The second-order valence-electron chi connectivity index (χ2n) is 7.63. The third-order valence-electron chi connectivity index (χ3n) is 4.72. The van der Waals surface area contributed by atoms with Crippen molar-refractivity contribution in [2.75, 3.05) is 26.4 Å². The number of carbonyl (C=O) groups excluding carboxylic acids is 4. The van der Waals surface area contributed by atoms with Crippen molar-refractivity contribution in [2.45, 2.75) is 74.4 Å². The van der Waals surface area contributed by atoms with Crippen LogP contribution in [-0.2, 0) is 38.1 Å². The van der Waals surface area contributed by atoms with Crippen molar-refractivity contribution < 1.29 is 38.1 Å². The average molecular weight is 545 g/mol. The molecule has 0 aliphatic carbocycles. The van der Waals surface area contributed by atoms with Gasteiger partial charge < -0.3 is 18.9 Å². The average Bonchev–Trinajstić information content (AvgIpc) is 2.84. The minimum absolute atomic E-state index is 0.340. The van der Waals surface area contributed by atoms with Gasteiger partial charge in [0.25, 0.3) is 0 Å². The van der Waals surface area contributed by atoms with Crippen LogP contribution in [0, 0.1) is 5.41 Å². The van der Waals surface area contributed by atoms with E-state index in [1.807, 2.05) is 0 Å². The molecule has 0 N–H and O–H groups in total. The monoisotopic (exact) mass is 544 g/mol. The van der Waals surface area contributed by atoms with Crippen LogP contribution in [0.2, 0.25) is 0 Å². The maximum atomic E-state index is 12.2. The Balaban J connectivity index is 5.79. The number of rotatable bonds is 16. The number of esters is 4. The molecule has 0 aromatic rings. The van der Waals surface area contributed by atoms with Gasteiger partial charge in [-0.15, -0.1) is 0 Å². The summed E-state index contributed by atoms with van der Waals surface area (Å²) in [6.45, 7) is 5.71. The van der Waals surface area contributed by atoms with E-state index >= 15 is 0 Å². The van der Waals surface area contributed by atoms with Crippen molar-refractivity contribution in [3.63, 3.8) is 0 Å². The van der Waals surface area contributed by atoms with Crippen molar-refractivity contribution >= 4 is 74.4 Å². The second-order valence-corrected chi connectivity index (χ2v) is 10.1. The lowest BCUT2D eigenvalue weighted by atomic mass is 9.92. The van der Waals surface area contributed by atoms with E-state index < -0.39 is 50.3 Å². The van der Waals surface area contributed by atoms with Gasteiger partial charge in [-0.3, -0.25) is 19.2 Å². The van der Waals surface area contributed by atoms with Crippen LogP contribution in [0.1, 0.15) is 53.4 Å². The SMILES string of the molecule is CC[C@H](S)C(=O)OCC(COC(=O)[C@@H](S)CC)(COC(=O)[C@@H](S)CC)COC(=O)[C@@H](S)CC. The molecular formula is C21H36O8S4. The highest BCUT2D eigenvalue weighted by molar-refractivity contribution is 7.82. The maximum absolute atomic E-state index is 12.2. The molecule has 0 heterocycles. The highest BCUT2D eigenvalue weighted by Gasteiger charge is 2.39. The van der Waals surface area contributed by atoms with E-state index in [1.165, 1.54) is 0 Å². The van der Waals surface area contributed by atoms with Gasteiger partial charge in [0, 0.05) is 0 Å². The third-order valence-corrected chi connectivity index (χ3v) is 7.02. The van der Waals surface area contributed by atoms with E-state index in [2.05, 4.69) is 50.5 Å². The highest BCUT2D eigenvalue weighted by Crippen LogP contribution is 2.24. The van der Waals surface area contributed by atoms with Crippen LogP contribution >= 0.6 is 50.5 Å². The molecule has 0 unspecified atom stereocenters. The molecule has 12 heteroatoms. The van der Waals surface area contributed by atoms with E-state index in [4.69, 9.17) is 18.9 Å². The molecule has 192 valence electrons. The van der Waals surface area contributed by atoms with Crippen LogP contribution in [-0.4, -0.2) is 71.3 Å². The highest BCUT2D eigenvalue weighted by atomic mass is 32.1. The molecule has 0 fully saturated rings. The lowest BCUT2D eigenvalue weighted by Gasteiger charge is -2.32. The zero-order chi connectivity index (χ0) is 25.6. The second kappa shape index (κ2) is 16.8. The largest absolute Gasteiger partial charge is 0.464 e. The molecule has 0 spiro atoms. The minimum Gasteiger partial charge on any atom is -0.464 e. The Morgan fingerprint density at radius 3 is 0.848 bits per heavy atom. The molecule has 4 atom stereocenters. The molecule has 8 nitrogen and oxygen atoms in total. The van der Waals surface area contributed by atoms with Crippen LogP contribution in [0.25, 0.3) is 0 Å². The fourth-order valence-electron chi connectivity index (χ4n) is 2.20. The van der Waals surface area contributed by atoms with Crippen LogP contribution in [0.4, 0.5) is 0 Å². The van der Waals surface area contributed by atoms with E-state index in [0.29, 0.717) is 25.7 Å². The summed E-state index contributed by atoms with van der Waals surface area (Å²) in [4.78, 5) is 49.0. The standard InChI is InChI=1S/C21H36O8S4/c1-5-13(30)17(22)26-9-21(10-27-18(23)14(31)6-2,11-28-19(24)15(32)7-3)12-29-20(25)16(33)8-4/h13-16,30-33H,5-12H2,1-4H3/t13-,14-,15-,16-/m0/s1. The molecule has 0 aliphatic rings. The zero-order valence-corrected chi connectivity index (χ0v) is 23.1. The van der Waals surface area contributed by atoms with Gasteiger partial charge in [0.15, 0.2) is 0 Å². The Kier molecular flexibility index (Phi) is 16.5. The molecule has 0 rings (SSSR count). The van der Waals surface area contributed by atoms with E-state index in [9.17, 15) is 19.2 Å². The molecule has 0 saturated carbocycles. The molecule has 0 amide bonds. The van der Waals surface area contributed by atoms with Crippen molar-refractivity contribution in [3.05, 3.63) is 0 Å². The normalized spacial score (nSPS) is 15.0. The Hall–Kier alpha value is -0.720. The molecule has 33 heavy (non-hydrogen) atoms. The van der Waals surface area contributed by atoms with Gasteiger partial charge >= 0.3 is 23.9 Å². The molecule has 0 radical (unpaired) electrons. The van der Waals surface area contributed by atoms with Crippen LogP contribution < -0.4 is 0 Å². The number of hydrogen-bond acceptors (Lipinski definition) is 12. The van der Waals surface area contributed by atoms with Gasteiger partial charge in [0.05, 0.1) is 21.0 Å². The molecular weight excluding hydrogens is 508 g/mol. The van der Waals surface area contributed by atoms with Crippen molar-refractivity contribution in [3.8, 4) is 0 Å². The number of ether oxygens (including phenoxy) is 4. The predicted molar refractivity (Wildman–Crippen MR) is 139 cm³/mol. The molecule has 0 aromatic carbocycles. The first kappa shape index (κ1) is 32.3. The first-order valence-electron chi connectivity index (χ1n) is 10.9. The summed E-state index contributed by atoms with van der Waals surface area (Å²) < 4.78 is 21.5. The number of thiol groups is 4. The topological polar surface area (TPSA) is 105 Å². The van der Waals surface area contributed by atoms with Crippen LogP contribution in [0.15, 0.2) is 0 Å². The summed E-state index contributed by atoms with van der Waals surface area (Å²) in [6, 6.07) is 0. The van der Waals surface area contributed by atoms with Crippen molar-refractivity contribution in [2.24, 2.45) is 5.41 Å². The Bertz CT molecular complexity index is 536. The summed E-state index contributed by atoms with van der Waals surface area (Å²) in [5, 5.41) is -2.66. The first-order valence-corrected chi connectivity index (χ1v) is 12.9. The Morgan fingerprint density at radius 1 is 0.515 bits per heavy atom. The van der Waals surface area contributed by atoms with Gasteiger partial charge in [-0.05, 0) is 25.7 Å². The van der Waals surface area contributed by atoms with Gasteiger partial charge in [-0.25, -0.2) is 0 Å². The molecule has 0 aromatic heterocycles. The molecule has 0 aliphatic heterocycles. The summed E-state index contributed by atoms with van der Waals surface area (Å²) in [6.07, 6.45) is 1.73. The summed E-state index contributed by atoms with van der Waals surface area (Å²) in [5.74, 6) is -2.40. The zero-order valence-electron chi connectivity index (χ0n) is 19.5. The summed E-state index contributed by atoms with van der Waals surface area (Å²) in [7, 11) is 0. The maximum Gasteiger partial charge on any atom is 0.318 e. The van der Waals surface area contributed by atoms with Gasteiger partial charge in [0.2, 0.25) is 0 Å². The van der Waals surface area contributed by atoms with Crippen LogP contribution in [0.5, 0.6) is 0 Å². The summed E-state index contributed by atoms with van der Waals surface area (Å²) >= 11 is 16.7. The lowest BCUT2D eigenvalue weighted by Crippen LogP contribution is -2.45. The van der Waals surface area contributed by atoms with Crippen molar-refractivity contribution in [1.82, 2.24) is 0 Å². The Morgan fingerprint density at radius 2 is 0.697 bits per heavy atom. The Labute approximate surface area is 218 Å². The van der Waals surface area contributed by atoms with E-state index in [0.717, 1.165) is 0 Å². The van der Waals surface area contributed by atoms with Crippen molar-refractivity contribution in [1.29, 1.82) is 0 Å². The lowest BCUT2D eigenvalue weighted by molar-refractivity contribution is -0.170. The first-order chi connectivity index (χ1) is 15.5. The quantitative estimate of drug-likeness (QED) is 0.134. The third kappa shape index (κ3) is 12.0. The number of carbonyl (C=O) groups is 4. The molecule has 0 bridgehead atoms. The summed E-state index contributed by atoms with van der Waals surface area (Å²) in [5.41, 5.74) is -1.35. The molecule has 0 saturated heterocycles. The predicted octanol–water partition coefficient (Wildman–Crippen LogP) is 2.98. The van der Waals surface area contributed by atoms with Gasteiger partial charge in [0.1, 0.15) is 31.8 Å². The van der Waals surface area contributed by atoms with Gasteiger partial charge in [-0.1, -0.05) is 27.7 Å². The van der Waals surface area contributed by atoms with E-state index in [1.54, 1.807) is 27.7 Å². The minimum atomic E-state index is -1.35. The van der Waals surface area contributed by atoms with Gasteiger partial charge in [-0.2, -0.15) is 50.5 Å². The smallest absolute Gasteiger partial charge is 0.318 e. The van der Waals surface area contributed by atoms with Crippen LogP contribution in [0.3, 0.4) is 0 Å².